The summed E-state index contributed by atoms with van der Waals surface area (Å²) >= 11 is 0. The Labute approximate surface area is 166 Å². The number of hydrogen-bond acceptors (Lipinski definition) is 4. The van der Waals surface area contributed by atoms with Crippen LogP contribution >= 0.6 is 0 Å². The number of likely N-dealkylation sites (tertiary alicyclic amines) is 1. The second-order valence-electron chi connectivity index (χ2n) is 9.07. The molecule has 1 aromatic rings. The van der Waals surface area contributed by atoms with Crippen molar-refractivity contribution in [3.8, 4) is 0 Å². The maximum Gasteiger partial charge on any atom is 0.225 e. The van der Waals surface area contributed by atoms with Crippen molar-refractivity contribution in [2.45, 2.75) is 57.0 Å². The van der Waals surface area contributed by atoms with Crippen LogP contribution in [0.5, 0.6) is 0 Å². The van der Waals surface area contributed by atoms with Crippen LogP contribution in [0.2, 0.25) is 0 Å². The van der Waals surface area contributed by atoms with Gasteiger partial charge in [-0.25, -0.2) is 8.42 Å². The summed E-state index contributed by atoms with van der Waals surface area (Å²) in [6.45, 7) is 4.78. The van der Waals surface area contributed by atoms with E-state index in [1.54, 1.807) is 4.90 Å². The van der Waals surface area contributed by atoms with E-state index >= 15 is 0 Å². The Morgan fingerprint density at radius 1 is 1.21 bits per heavy atom. The molecule has 0 aromatic heterocycles. The summed E-state index contributed by atoms with van der Waals surface area (Å²) in [5.74, 6) is -0.452. The lowest BCUT2D eigenvalue weighted by molar-refractivity contribution is -0.130. The second kappa shape index (κ2) is 6.87. The van der Waals surface area contributed by atoms with Gasteiger partial charge >= 0.3 is 0 Å². The number of fused-ring (bicyclic) bond motifs is 1. The SMILES string of the molecule is CC1(C)CCC(NC(=O)C2CC(=O)N(C3CCS(=O)(=O)C3)C2)c2ccccc21. The minimum Gasteiger partial charge on any atom is -0.349 e. The van der Waals surface area contributed by atoms with E-state index in [1.165, 1.54) is 5.56 Å². The van der Waals surface area contributed by atoms with Crippen molar-refractivity contribution in [3.05, 3.63) is 35.4 Å². The average Bonchev–Trinajstić information content (AvgIpc) is 3.20. The number of carbonyl (C=O) groups is 2. The Morgan fingerprint density at radius 2 is 1.96 bits per heavy atom. The third kappa shape index (κ3) is 3.56. The number of benzene rings is 1. The Kier molecular flexibility index (Phi) is 4.76. The summed E-state index contributed by atoms with van der Waals surface area (Å²) in [6, 6.07) is 7.94. The van der Waals surface area contributed by atoms with Gasteiger partial charge in [-0.3, -0.25) is 9.59 Å². The van der Waals surface area contributed by atoms with Crippen molar-refractivity contribution >= 4 is 21.7 Å². The van der Waals surface area contributed by atoms with Gasteiger partial charge in [0.05, 0.1) is 23.5 Å². The van der Waals surface area contributed by atoms with E-state index in [0.717, 1.165) is 18.4 Å². The molecule has 3 aliphatic rings. The number of nitrogens with zero attached hydrogens (tertiary/aromatic N) is 1. The van der Waals surface area contributed by atoms with Crippen LogP contribution in [0.15, 0.2) is 24.3 Å². The molecule has 4 rings (SSSR count). The monoisotopic (exact) mass is 404 g/mol. The highest BCUT2D eigenvalue weighted by Gasteiger charge is 2.42. The van der Waals surface area contributed by atoms with Crippen LogP contribution in [0.4, 0.5) is 0 Å². The number of sulfone groups is 1. The first-order chi connectivity index (χ1) is 13.2. The lowest BCUT2D eigenvalue weighted by Crippen LogP contribution is -2.41. The highest BCUT2D eigenvalue weighted by Crippen LogP contribution is 2.41. The molecule has 2 aliphatic heterocycles. The van der Waals surface area contributed by atoms with Gasteiger partial charge < -0.3 is 10.2 Å². The van der Waals surface area contributed by atoms with Gasteiger partial charge in [-0.1, -0.05) is 38.1 Å². The van der Waals surface area contributed by atoms with Gasteiger partial charge in [-0.15, -0.1) is 0 Å². The molecule has 2 amide bonds. The van der Waals surface area contributed by atoms with E-state index in [-0.39, 0.29) is 47.2 Å². The number of carbonyl (C=O) groups excluding carboxylic acids is 2. The molecular weight excluding hydrogens is 376 g/mol. The van der Waals surface area contributed by atoms with Crippen molar-refractivity contribution in [2.24, 2.45) is 5.92 Å². The summed E-state index contributed by atoms with van der Waals surface area (Å²) < 4.78 is 23.5. The van der Waals surface area contributed by atoms with Crippen LogP contribution in [0, 0.1) is 5.92 Å². The molecule has 7 heteroatoms. The molecule has 3 atom stereocenters. The molecule has 0 bridgehead atoms. The minimum atomic E-state index is -3.06. The third-order valence-electron chi connectivity index (χ3n) is 6.62. The first-order valence-corrected chi connectivity index (χ1v) is 11.9. The summed E-state index contributed by atoms with van der Waals surface area (Å²) in [5, 5.41) is 3.17. The predicted octanol–water partition coefficient (Wildman–Crippen LogP) is 1.95. The first kappa shape index (κ1) is 19.4. The van der Waals surface area contributed by atoms with Gasteiger partial charge in [0.1, 0.15) is 0 Å². The smallest absolute Gasteiger partial charge is 0.225 e. The van der Waals surface area contributed by atoms with Crippen LogP contribution in [-0.4, -0.2) is 49.2 Å². The lowest BCUT2D eigenvalue weighted by atomic mass is 9.71. The maximum absolute atomic E-state index is 12.9. The second-order valence-corrected chi connectivity index (χ2v) is 11.3. The van der Waals surface area contributed by atoms with Crippen LogP contribution in [0.25, 0.3) is 0 Å². The highest BCUT2D eigenvalue weighted by atomic mass is 32.2. The Morgan fingerprint density at radius 3 is 2.68 bits per heavy atom. The van der Waals surface area contributed by atoms with E-state index < -0.39 is 15.8 Å². The maximum atomic E-state index is 12.9. The molecule has 2 heterocycles. The van der Waals surface area contributed by atoms with Gasteiger partial charge in [-0.05, 0) is 35.8 Å². The van der Waals surface area contributed by atoms with E-state index in [2.05, 4.69) is 31.3 Å². The molecule has 0 saturated carbocycles. The van der Waals surface area contributed by atoms with E-state index in [4.69, 9.17) is 0 Å². The molecule has 1 aliphatic carbocycles. The van der Waals surface area contributed by atoms with Crippen LogP contribution < -0.4 is 5.32 Å². The van der Waals surface area contributed by atoms with Gasteiger partial charge in [-0.2, -0.15) is 0 Å². The fourth-order valence-electron chi connectivity index (χ4n) is 4.93. The molecule has 1 aromatic carbocycles. The van der Waals surface area contributed by atoms with E-state index in [9.17, 15) is 18.0 Å². The predicted molar refractivity (Wildman–Crippen MR) is 106 cm³/mol. The quantitative estimate of drug-likeness (QED) is 0.835. The average molecular weight is 405 g/mol. The topological polar surface area (TPSA) is 83.6 Å². The Bertz CT molecular complexity index is 909. The highest BCUT2D eigenvalue weighted by molar-refractivity contribution is 7.91. The van der Waals surface area contributed by atoms with Crippen LogP contribution in [0.3, 0.4) is 0 Å². The van der Waals surface area contributed by atoms with Gasteiger partial charge in [0, 0.05) is 19.0 Å². The van der Waals surface area contributed by atoms with E-state index in [0.29, 0.717) is 13.0 Å². The van der Waals surface area contributed by atoms with Crippen LogP contribution in [-0.2, 0) is 24.8 Å². The minimum absolute atomic E-state index is 0.0260. The number of rotatable bonds is 3. The van der Waals surface area contributed by atoms with E-state index in [1.807, 2.05) is 12.1 Å². The summed E-state index contributed by atoms with van der Waals surface area (Å²) in [7, 11) is -3.06. The van der Waals surface area contributed by atoms with Crippen LogP contribution in [0.1, 0.15) is 56.7 Å². The molecule has 2 fully saturated rings. The van der Waals surface area contributed by atoms with Crippen molar-refractivity contribution in [1.29, 1.82) is 0 Å². The fourth-order valence-corrected chi connectivity index (χ4v) is 6.66. The molecule has 6 nitrogen and oxygen atoms in total. The molecule has 152 valence electrons. The molecule has 1 N–H and O–H groups in total. The fraction of sp³-hybridized carbons (Fsp3) is 0.619. The summed E-state index contributed by atoms with van der Waals surface area (Å²) in [6.07, 6.45) is 2.52. The Balaban J connectivity index is 1.44. The van der Waals surface area contributed by atoms with Crippen molar-refractivity contribution in [2.75, 3.05) is 18.1 Å². The molecular formula is C21H28N2O4S. The lowest BCUT2D eigenvalue weighted by Gasteiger charge is -2.37. The molecule has 3 unspecified atom stereocenters. The number of amides is 2. The van der Waals surface area contributed by atoms with Gasteiger partial charge in [0.25, 0.3) is 0 Å². The molecule has 2 saturated heterocycles. The molecule has 0 radical (unpaired) electrons. The van der Waals surface area contributed by atoms with Crippen molar-refractivity contribution in [1.82, 2.24) is 10.2 Å². The zero-order valence-electron chi connectivity index (χ0n) is 16.5. The standard InChI is InChI=1S/C21H28N2O4S/c1-21(2)9-7-18(16-5-3-4-6-17(16)21)22-20(25)14-11-19(24)23(12-14)15-8-10-28(26,27)13-15/h3-6,14-15,18H,7-13H2,1-2H3,(H,22,25). The summed E-state index contributed by atoms with van der Waals surface area (Å²) in [4.78, 5) is 26.9. The first-order valence-electron chi connectivity index (χ1n) is 10.1. The van der Waals surface area contributed by atoms with Crippen molar-refractivity contribution in [3.63, 3.8) is 0 Å². The zero-order chi connectivity index (χ0) is 20.1. The Hall–Kier alpha value is -1.89. The third-order valence-corrected chi connectivity index (χ3v) is 8.37. The van der Waals surface area contributed by atoms with Crippen molar-refractivity contribution < 1.29 is 18.0 Å². The molecule has 28 heavy (non-hydrogen) atoms. The zero-order valence-corrected chi connectivity index (χ0v) is 17.3. The normalized spacial score (nSPS) is 30.9. The van der Waals surface area contributed by atoms with Gasteiger partial charge in [0.15, 0.2) is 9.84 Å². The number of nitrogens with one attached hydrogen (secondary N) is 1. The number of hydrogen-bond donors (Lipinski definition) is 1. The molecule has 0 spiro atoms. The largest absolute Gasteiger partial charge is 0.349 e. The summed E-state index contributed by atoms with van der Waals surface area (Å²) in [5.41, 5.74) is 2.52. The van der Waals surface area contributed by atoms with Gasteiger partial charge in [0.2, 0.25) is 11.8 Å².